The number of ether oxygens (including phenoxy) is 1. The van der Waals surface area contributed by atoms with Gasteiger partial charge in [-0.25, -0.2) is 9.59 Å². The molecule has 0 heterocycles. The molecule has 44 heavy (non-hydrogen) atoms. The van der Waals surface area contributed by atoms with Crippen LogP contribution in [0.25, 0.3) is 11.1 Å². The van der Waals surface area contributed by atoms with Crippen LogP contribution in [0.15, 0.2) is 72.8 Å². The average Bonchev–Trinajstić information content (AvgIpc) is 3.33. The Balaban J connectivity index is 1.40. The van der Waals surface area contributed by atoms with Crippen molar-refractivity contribution in [2.75, 3.05) is 18.5 Å². The number of nitrogens with one attached hydrogen (secondary N) is 4. The lowest BCUT2D eigenvalue weighted by molar-refractivity contribution is -0.128. The van der Waals surface area contributed by atoms with E-state index in [1.54, 1.807) is 38.1 Å². The highest BCUT2D eigenvalue weighted by atomic mass is 16.5. The Morgan fingerprint density at radius 2 is 1.48 bits per heavy atom. The van der Waals surface area contributed by atoms with Crippen LogP contribution in [0.3, 0.4) is 0 Å². The first kappa shape index (κ1) is 32.0. The van der Waals surface area contributed by atoms with Crippen LogP contribution in [0.5, 0.6) is 0 Å². The van der Waals surface area contributed by atoms with Crippen LogP contribution in [0.1, 0.15) is 49.3 Å². The minimum Gasteiger partial charge on any atom is -0.449 e. The van der Waals surface area contributed by atoms with Crippen molar-refractivity contribution in [1.82, 2.24) is 16.0 Å². The summed E-state index contributed by atoms with van der Waals surface area (Å²) < 4.78 is 5.64. The van der Waals surface area contributed by atoms with E-state index < -0.39 is 36.0 Å². The van der Waals surface area contributed by atoms with Crippen molar-refractivity contribution >= 4 is 29.6 Å². The van der Waals surface area contributed by atoms with Crippen LogP contribution in [0, 0.1) is 5.92 Å². The molecule has 4 rings (SSSR count). The van der Waals surface area contributed by atoms with Gasteiger partial charge in [0.05, 0.1) is 6.61 Å². The quantitative estimate of drug-likeness (QED) is 0.163. The summed E-state index contributed by atoms with van der Waals surface area (Å²) in [6, 6.07) is 20.0. The molecule has 0 saturated heterocycles. The monoisotopic (exact) mass is 601 g/mol. The molecule has 0 bridgehead atoms. The maximum atomic E-state index is 13.4. The van der Waals surface area contributed by atoms with Crippen molar-refractivity contribution in [3.63, 3.8) is 0 Å². The third-order valence-corrected chi connectivity index (χ3v) is 7.57. The summed E-state index contributed by atoms with van der Waals surface area (Å²) in [5.41, 5.74) is 10.7. The molecule has 0 aliphatic heterocycles. The number of aliphatic hydroxyl groups excluding tert-OH is 1. The number of benzene rings is 3. The summed E-state index contributed by atoms with van der Waals surface area (Å²) >= 11 is 0. The lowest BCUT2D eigenvalue weighted by atomic mass is 9.98. The van der Waals surface area contributed by atoms with E-state index in [0.29, 0.717) is 17.7 Å². The van der Waals surface area contributed by atoms with Gasteiger partial charge in [-0.1, -0.05) is 74.5 Å². The Morgan fingerprint density at radius 3 is 2.05 bits per heavy atom. The van der Waals surface area contributed by atoms with E-state index in [4.69, 9.17) is 10.5 Å². The zero-order chi connectivity index (χ0) is 31.6. The van der Waals surface area contributed by atoms with Gasteiger partial charge in [0.1, 0.15) is 18.7 Å². The molecule has 5 amide bonds. The molecule has 0 saturated carbocycles. The van der Waals surface area contributed by atoms with Crippen molar-refractivity contribution in [3.05, 3.63) is 89.5 Å². The second kappa shape index (κ2) is 15.0. The zero-order valence-electron chi connectivity index (χ0n) is 24.8. The van der Waals surface area contributed by atoms with Gasteiger partial charge in [-0.3, -0.25) is 9.59 Å². The van der Waals surface area contributed by atoms with E-state index in [2.05, 4.69) is 21.3 Å². The minimum absolute atomic E-state index is 0.0965. The summed E-state index contributed by atoms with van der Waals surface area (Å²) in [7, 11) is 0. The first-order chi connectivity index (χ1) is 21.2. The Kier molecular flexibility index (Phi) is 10.9. The third-order valence-electron chi connectivity index (χ3n) is 7.57. The first-order valence-corrected chi connectivity index (χ1v) is 14.6. The number of rotatable bonds is 13. The van der Waals surface area contributed by atoms with Crippen LogP contribution >= 0.6 is 0 Å². The molecule has 232 valence electrons. The van der Waals surface area contributed by atoms with Crippen molar-refractivity contribution in [1.29, 1.82) is 0 Å². The van der Waals surface area contributed by atoms with E-state index in [0.717, 1.165) is 22.3 Å². The molecule has 3 aromatic rings. The highest BCUT2D eigenvalue weighted by Crippen LogP contribution is 2.44. The number of carbonyl (C=O) groups excluding carboxylic acids is 4. The summed E-state index contributed by atoms with van der Waals surface area (Å²) in [6.45, 7) is 3.74. The molecule has 1 aliphatic rings. The Bertz CT molecular complexity index is 1430. The smallest absolute Gasteiger partial charge is 0.407 e. The van der Waals surface area contributed by atoms with Crippen LogP contribution < -0.4 is 27.0 Å². The van der Waals surface area contributed by atoms with Crippen molar-refractivity contribution in [2.45, 2.75) is 51.3 Å². The highest BCUT2D eigenvalue weighted by molar-refractivity contribution is 5.98. The maximum absolute atomic E-state index is 13.4. The van der Waals surface area contributed by atoms with E-state index >= 15 is 0 Å². The second-order valence-electron chi connectivity index (χ2n) is 11.0. The number of anilines is 1. The van der Waals surface area contributed by atoms with Gasteiger partial charge < -0.3 is 36.8 Å². The van der Waals surface area contributed by atoms with Gasteiger partial charge in [-0.2, -0.15) is 0 Å². The van der Waals surface area contributed by atoms with E-state index in [-0.39, 0.29) is 38.0 Å². The molecule has 0 aromatic heterocycles. The van der Waals surface area contributed by atoms with Crippen LogP contribution in [-0.4, -0.2) is 54.3 Å². The van der Waals surface area contributed by atoms with Gasteiger partial charge in [0.15, 0.2) is 0 Å². The molecule has 0 spiro atoms. The van der Waals surface area contributed by atoms with Crippen molar-refractivity contribution in [3.8, 4) is 11.1 Å². The van der Waals surface area contributed by atoms with Gasteiger partial charge in [0.2, 0.25) is 11.8 Å². The van der Waals surface area contributed by atoms with E-state index in [1.807, 2.05) is 48.5 Å². The fourth-order valence-electron chi connectivity index (χ4n) is 5.27. The number of alkyl carbamates (subject to hydrolysis) is 1. The maximum Gasteiger partial charge on any atom is 0.407 e. The number of hydrogen-bond acceptors (Lipinski definition) is 6. The Morgan fingerprint density at radius 1 is 0.864 bits per heavy atom. The summed E-state index contributed by atoms with van der Waals surface area (Å²) in [5, 5.41) is 19.9. The van der Waals surface area contributed by atoms with Gasteiger partial charge in [0.25, 0.3) is 0 Å². The fourth-order valence-corrected chi connectivity index (χ4v) is 5.27. The van der Waals surface area contributed by atoms with Gasteiger partial charge in [-0.15, -0.1) is 0 Å². The normalized spacial score (nSPS) is 13.3. The topological polar surface area (TPSA) is 172 Å². The molecular formula is C33H39N5O6. The number of carbonyl (C=O) groups is 4. The molecule has 1 unspecified atom stereocenters. The summed E-state index contributed by atoms with van der Waals surface area (Å²) in [5.74, 6) is -1.47. The second-order valence-corrected chi connectivity index (χ2v) is 11.0. The van der Waals surface area contributed by atoms with Crippen molar-refractivity contribution in [2.24, 2.45) is 11.7 Å². The number of urea groups is 1. The van der Waals surface area contributed by atoms with Crippen molar-refractivity contribution < 1.29 is 29.0 Å². The number of fused-ring (bicyclic) bond motifs is 3. The highest BCUT2D eigenvalue weighted by Gasteiger charge is 2.32. The number of nitrogens with two attached hydrogens (primary N) is 1. The summed E-state index contributed by atoms with van der Waals surface area (Å²) in [4.78, 5) is 50.7. The van der Waals surface area contributed by atoms with Gasteiger partial charge >= 0.3 is 12.1 Å². The first-order valence-electron chi connectivity index (χ1n) is 14.6. The van der Waals surface area contributed by atoms with E-state index in [1.165, 1.54) is 0 Å². The molecule has 2 atom stereocenters. The lowest BCUT2D eigenvalue weighted by Crippen LogP contribution is -2.54. The molecule has 11 nitrogen and oxygen atoms in total. The Hall–Kier alpha value is -4.90. The molecule has 0 radical (unpaired) electrons. The minimum atomic E-state index is -0.978. The average molecular weight is 602 g/mol. The molecular weight excluding hydrogens is 562 g/mol. The SMILES string of the molecule is CC(C)C(NC(=O)OCC1c2ccccc2-c2ccccc21)C(=O)N[C@@H](CCCNC(N)=O)C(=O)Nc1ccc(CO)cc1. The predicted molar refractivity (Wildman–Crippen MR) is 167 cm³/mol. The number of hydrogen-bond donors (Lipinski definition) is 6. The fraction of sp³-hybridized carbons (Fsp3) is 0.333. The van der Waals surface area contributed by atoms with Gasteiger partial charge in [0, 0.05) is 18.2 Å². The third kappa shape index (κ3) is 8.13. The number of amides is 5. The molecule has 0 fully saturated rings. The molecule has 3 aromatic carbocycles. The molecule has 11 heteroatoms. The summed E-state index contributed by atoms with van der Waals surface area (Å²) in [6.07, 6.45) is -0.185. The largest absolute Gasteiger partial charge is 0.449 e. The van der Waals surface area contributed by atoms with Gasteiger partial charge in [-0.05, 0) is 58.7 Å². The standard InChI is InChI=1S/C33H39N5O6/c1-20(2)29(38-33(43)44-19-27-25-10-5-3-8-23(25)24-9-4-6-11-26(24)27)31(41)37-28(12-7-17-35-32(34)42)30(40)36-22-15-13-21(18-39)14-16-22/h3-6,8-11,13-16,20,27-29,39H,7,12,17-19H2,1-2H3,(H,36,40)(H,37,41)(H,38,43)(H3,34,35,42)/t28-,29?/m0/s1. The predicted octanol–water partition coefficient (Wildman–Crippen LogP) is 3.61. The van der Waals surface area contributed by atoms with Crippen LogP contribution in [0.2, 0.25) is 0 Å². The number of primary amides is 1. The van der Waals surface area contributed by atoms with Crippen LogP contribution in [-0.2, 0) is 20.9 Å². The molecule has 7 N–H and O–H groups in total. The lowest BCUT2D eigenvalue weighted by Gasteiger charge is -2.25. The number of aliphatic hydroxyl groups is 1. The molecule has 1 aliphatic carbocycles. The zero-order valence-corrected chi connectivity index (χ0v) is 24.8. The Labute approximate surface area is 256 Å². The van der Waals surface area contributed by atoms with Crippen LogP contribution in [0.4, 0.5) is 15.3 Å². The van der Waals surface area contributed by atoms with E-state index in [9.17, 15) is 24.3 Å².